The van der Waals surface area contributed by atoms with E-state index in [9.17, 15) is 26.4 Å². The number of carbonyl (C=O) groups excluding carboxylic acids is 1. The van der Waals surface area contributed by atoms with Crippen LogP contribution >= 0.6 is 33.6 Å². The average Bonchev–Trinajstić information content (AvgIpc) is 2.70. The number of thiophene rings is 1. The molecule has 5 nitrogen and oxygen atoms in total. The third-order valence-corrected chi connectivity index (χ3v) is 5.28. The lowest BCUT2D eigenvalue weighted by Crippen LogP contribution is -2.42. The largest absolute Gasteiger partial charge is 0.418 e. The van der Waals surface area contributed by atoms with Crippen molar-refractivity contribution in [2.45, 2.75) is 22.7 Å². The van der Waals surface area contributed by atoms with Crippen molar-refractivity contribution in [3.05, 3.63) is 15.8 Å². The quantitative estimate of drug-likeness (QED) is 0.454. The lowest BCUT2D eigenvalue weighted by molar-refractivity contribution is -0.220. The van der Waals surface area contributed by atoms with Crippen molar-refractivity contribution in [2.24, 2.45) is 0 Å². The number of hydrogen-bond acceptors (Lipinski definition) is 6. The van der Waals surface area contributed by atoms with Crippen LogP contribution in [0.2, 0.25) is 0 Å². The van der Waals surface area contributed by atoms with E-state index < -0.39 is 41.8 Å². The molecule has 12 heteroatoms. The molecule has 118 valence electrons. The fraction of sp³-hybridized carbons (Fsp3) is 0.444. The Labute approximate surface area is 130 Å². The van der Waals surface area contributed by atoms with E-state index in [-0.39, 0.29) is 24.4 Å². The van der Waals surface area contributed by atoms with Crippen molar-refractivity contribution in [2.75, 3.05) is 6.61 Å². The van der Waals surface area contributed by atoms with Crippen LogP contribution in [0.25, 0.3) is 0 Å². The van der Waals surface area contributed by atoms with Crippen LogP contribution in [-0.2, 0) is 24.7 Å². The first kappa shape index (κ1) is 16.8. The zero-order valence-electron chi connectivity index (χ0n) is 9.74. The highest BCUT2D eigenvalue weighted by Gasteiger charge is 2.45. The molecule has 1 aromatic rings. The number of carbonyl (C=O) groups is 1. The molecule has 1 aromatic heterocycles. The molecule has 2 rings (SSSR count). The van der Waals surface area contributed by atoms with Crippen molar-refractivity contribution in [3.8, 4) is 0 Å². The van der Waals surface area contributed by atoms with Crippen molar-refractivity contribution in [1.82, 2.24) is 0 Å². The van der Waals surface area contributed by atoms with Gasteiger partial charge in [0, 0.05) is 16.1 Å². The van der Waals surface area contributed by atoms with Gasteiger partial charge in [0.2, 0.25) is 0 Å². The lowest BCUT2D eigenvalue weighted by atomic mass is 10.3. The van der Waals surface area contributed by atoms with Crippen LogP contribution < -0.4 is 0 Å². The first-order valence-electron chi connectivity index (χ1n) is 5.13. The number of esters is 1. The third-order valence-electron chi connectivity index (χ3n) is 2.44. The maximum Gasteiger partial charge on any atom is 0.418 e. The van der Waals surface area contributed by atoms with E-state index in [4.69, 9.17) is 27.0 Å². The first-order chi connectivity index (χ1) is 9.44. The highest BCUT2D eigenvalue weighted by atomic mass is 35.7. The van der Waals surface area contributed by atoms with Crippen LogP contribution in [0.4, 0.5) is 13.2 Å². The number of rotatable bonds is 3. The molecular weight excluding hydrogens is 380 g/mol. The molecular formula is C9H5Cl2F3O5S2. The zero-order chi connectivity index (χ0) is 16.1. The van der Waals surface area contributed by atoms with E-state index in [1.165, 1.54) is 0 Å². The number of ether oxygens (including phenoxy) is 2. The molecule has 21 heavy (non-hydrogen) atoms. The Bertz CT molecular complexity index is 678. The van der Waals surface area contributed by atoms with Crippen LogP contribution in [0.1, 0.15) is 21.7 Å². The van der Waals surface area contributed by atoms with Crippen LogP contribution in [0.5, 0.6) is 0 Å². The topological polar surface area (TPSA) is 69.7 Å². The summed E-state index contributed by atoms with van der Waals surface area (Å²) in [5, 5.41) is -1.32. The van der Waals surface area contributed by atoms with Crippen LogP contribution in [0, 0.1) is 0 Å². The Kier molecular flexibility index (Phi) is 4.22. The second kappa shape index (κ2) is 5.27. The lowest BCUT2D eigenvalue weighted by Gasteiger charge is -2.34. The van der Waals surface area contributed by atoms with Gasteiger partial charge in [-0.15, -0.1) is 11.3 Å². The van der Waals surface area contributed by atoms with Gasteiger partial charge < -0.3 is 9.47 Å². The van der Waals surface area contributed by atoms with E-state index in [2.05, 4.69) is 4.74 Å². The predicted octanol–water partition coefficient (Wildman–Crippen LogP) is 3.16. The SMILES string of the molecule is O=C(OC1(Cl)CCO1)c1scc(C(F)(F)F)c1S(=O)(=O)Cl. The molecule has 0 aromatic carbocycles. The summed E-state index contributed by atoms with van der Waals surface area (Å²) in [6, 6.07) is 0. The molecule has 1 atom stereocenters. The van der Waals surface area contributed by atoms with E-state index in [0.717, 1.165) is 0 Å². The first-order valence-corrected chi connectivity index (χ1v) is 8.70. The van der Waals surface area contributed by atoms with Gasteiger partial charge in [-0.05, 0) is 11.6 Å². The summed E-state index contributed by atoms with van der Waals surface area (Å²) in [7, 11) is 0.171. The molecule has 1 saturated heterocycles. The van der Waals surface area contributed by atoms with Gasteiger partial charge in [-0.2, -0.15) is 13.2 Å². The fourth-order valence-electron chi connectivity index (χ4n) is 1.45. The van der Waals surface area contributed by atoms with E-state index in [1.54, 1.807) is 0 Å². The van der Waals surface area contributed by atoms with Crippen LogP contribution in [0.3, 0.4) is 0 Å². The smallest absolute Gasteiger partial charge is 0.414 e. The maximum atomic E-state index is 12.8. The maximum absolute atomic E-state index is 12.8. The van der Waals surface area contributed by atoms with Crippen LogP contribution in [-0.4, -0.2) is 26.2 Å². The van der Waals surface area contributed by atoms with Crippen molar-refractivity contribution >= 4 is 48.6 Å². The Morgan fingerprint density at radius 3 is 2.43 bits per heavy atom. The van der Waals surface area contributed by atoms with Gasteiger partial charge >= 0.3 is 12.1 Å². The van der Waals surface area contributed by atoms with Gasteiger partial charge in [-0.1, -0.05) is 0 Å². The second-order valence-electron chi connectivity index (χ2n) is 3.89. The minimum absolute atomic E-state index is 0.126. The summed E-state index contributed by atoms with van der Waals surface area (Å²) in [4.78, 5) is 9.64. The average molecular weight is 385 g/mol. The molecule has 0 saturated carbocycles. The zero-order valence-corrected chi connectivity index (χ0v) is 12.9. The summed E-state index contributed by atoms with van der Waals surface area (Å²) < 4.78 is 70.3. The normalized spacial score (nSPS) is 22.7. The van der Waals surface area contributed by atoms with Gasteiger partial charge in [0.1, 0.15) is 9.77 Å². The van der Waals surface area contributed by atoms with E-state index in [0.29, 0.717) is 5.38 Å². The Morgan fingerprint density at radius 1 is 1.48 bits per heavy atom. The van der Waals surface area contributed by atoms with Gasteiger partial charge in [-0.25, -0.2) is 13.2 Å². The highest BCUT2D eigenvalue weighted by Crippen LogP contribution is 2.42. The Balaban J connectivity index is 2.45. The Hall–Kier alpha value is -0.550. The minimum atomic E-state index is -4.99. The third kappa shape index (κ3) is 3.45. The summed E-state index contributed by atoms with van der Waals surface area (Å²) >= 11 is 5.89. The van der Waals surface area contributed by atoms with Gasteiger partial charge in [0.05, 0.1) is 18.6 Å². The van der Waals surface area contributed by atoms with Crippen LogP contribution in [0.15, 0.2) is 10.3 Å². The fourth-order valence-corrected chi connectivity index (χ4v) is 4.43. The van der Waals surface area contributed by atoms with E-state index in [1.807, 2.05) is 0 Å². The minimum Gasteiger partial charge on any atom is -0.414 e. The number of alkyl halides is 4. The predicted molar refractivity (Wildman–Crippen MR) is 66.9 cm³/mol. The molecule has 0 amide bonds. The molecule has 1 unspecified atom stereocenters. The van der Waals surface area contributed by atoms with E-state index >= 15 is 0 Å². The van der Waals surface area contributed by atoms with Gasteiger partial charge in [-0.3, -0.25) is 0 Å². The van der Waals surface area contributed by atoms with Gasteiger partial charge in [0.25, 0.3) is 14.3 Å². The monoisotopic (exact) mass is 384 g/mol. The molecule has 0 aliphatic carbocycles. The van der Waals surface area contributed by atoms with Crippen molar-refractivity contribution < 1.29 is 35.9 Å². The molecule has 0 bridgehead atoms. The molecule has 0 spiro atoms. The van der Waals surface area contributed by atoms with Crippen molar-refractivity contribution in [3.63, 3.8) is 0 Å². The summed E-state index contributed by atoms with van der Waals surface area (Å²) in [5.74, 6) is -1.36. The second-order valence-corrected chi connectivity index (χ2v) is 7.85. The van der Waals surface area contributed by atoms with Crippen molar-refractivity contribution in [1.29, 1.82) is 0 Å². The molecule has 1 fully saturated rings. The molecule has 0 radical (unpaired) electrons. The molecule has 2 heterocycles. The number of hydrogen-bond donors (Lipinski definition) is 0. The summed E-state index contributed by atoms with van der Waals surface area (Å²) in [6.07, 6.45) is -4.86. The number of halogens is 5. The summed E-state index contributed by atoms with van der Waals surface area (Å²) in [5.41, 5.74) is -1.53. The Morgan fingerprint density at radius 2 is 2.05 bits per heavy atom. The molecule has 1 aliphatic rings. The van der Waals surface area contributed by atoms with Gasteiger partial charge in [0.15, 0.2) is 0 Å². The summed E-state index contributed by atoms with van der Waals surface area (Å²) in [6.45, 7) is 0.204. The standard InChI is InChI=1S/C9H5Cl2F3O5S2/c10-8(1-2-18-8)19-7(15)5-6(21(11,16)17)4(3-20-5)9(12,13)14/h3H,1-2H2. The highest BCUT2D eigenvalue weighted by molar-refractivity contribution is 8.14. The molecule has 1 aliphatic heterocycles. The molecule has 0 N–H and O–H groups in total.